The van der Waals surface area contributed by atoms with Crippen LogP contribution in [0.25, 0.3) is 21.9 Å². The molecule has 0 amide bonds. The molecule has 6 rings (SSSR count). The molecule has 0 radical (unpaired) electrons. The highest BCUT2D eigenvalue weighted by Crippen LogP contribution is 2.33. The largest absolute Gasteiger partial charge is 0.491 e. The van der Waals surface area contributed by atoms with Gasteiger partial charge in [0.25, 0.3) is 0 Å². The molecule has 0 unspecified atom stereocenters. The first-order valence-corrected chi connectivity index (χ1v) is 11.2. The number of aliphatic hydroxyl groups is 2. The summed E-state index contributed by atoms with van der Waals surface area (Å²) in [6.45, 7) is 1.05. The molecule has 0 spiro atoms. The Morgan fingerprint density at radius 3 is 2.85 bits per heavy atom. The van der Waals surface area contributed by atoms with Gasteiger partial charge in [0.15, 0.2) is 6.23 Å². The topological polar surface area (TPSA) is 115 Å². The van der Waals surface area contributed by atoms with E-state index in [1.54, 1.807) is 17.0 Å². The molecule has 1 aliphatic heterocycles. The van der Waals surface area contributed by atoms with Crippen LogP contribution in [0.2, 0.25) is 0 Å². The highest BCUT2D eigenvalue weighted by molar-refractivity contribution is 5.81. The molecular weight excluding hydrogens is 422 g/mol. The second kappa shape index (κ2) is 8.26. The Kier molecular flexibility index (Phi) is 5.09. The molecule has 4 aromatic rings. The third kappa shape index (κ3) is 3.99. The van der Waals surface area contributed by atoms with Gasteiger partial charge in [0.2, 0.25) is 0 Å². The molecule has 1 aromatic carbocycles. The molecule has 170 valence electrons. The predicted octanol–water partition coefficient (Wildman–Crippen LogP) is 2.50. The Morgan fingerprint density at radius 2 is 1.97 bits per heavy atom. The lowest BCUT2D eigenvalue weighted by Crippen LogP contribution is -2.34. The maximum Gasteiger partial charge on any atom is 0.164 e. The maximum absolute atomic E-state index is 10.6. The Labute approximate surface area is 190 Å². The summed E-state index contributed by atoms with van der Waals surface area (Å²) in [6, 6.07) is 11.6. The highest BCUT2D eigenvalue weighted by Gasteiger charge is 2.44. The van der Waals surface area contributed by atoms with E-state index in [2.05, 4.69) is 15.3 Å². The fourth-order valence-corrected chi connectivity index (χ4v) is 4.23. The van der Waals surface area contributed by atoms with E-state index in [0.717, 1.165) is 34.6 Å². The summed E-state index contributed by atoms with van der Waals surface area (Å²) < 4.78 is 13.6. The predicted molar refractivity (Wildman–Crippen MR) is 122 cm³/mol. The summed E-state index contributed by atoms with van der Waals surface area (Å²) >= 11 is 0. The van der Waals surface area contributed by atoms with Crippen LogP contribution in [-0.4, -0.2) is 61.2 Å². The molecule has 1 saturated heterocycles. The van der Waals surface area contributed by atoms with Gasteiger partial charge < -0.3 is 29.6 Å². The van der Waals surface area contributed by atoms with Gasteiger partial charge in [-0.2, -0.15) is 0 Å². The van der Waals surface area contributed by atoms with Gasteiger partial charge in [-0.3, -0.25) is 0 Å². The number of fused-ring (bicyclic) bond motifs is 2. The lowest BCUT2D eigenvalue weighted by Gasteiger charge is -2.17. The molecule has 9 nitrogen and oxygen atoms in total. The Balaban J connectivity index is 1.15. The van der Waals surface area contributed by atoms with Gasteiger partial charge in [0, 0.05) is 35.8 Å². The molecule has 1 aliphatic carbocycles. The summed E-state index contributed by atoms with van der Waals surface area (Å²) in [4.78, 5) is 13.0. The van der Waals surface area contributed by atoms with Crippen molar-refractivity contribution in [3.8, 4) is 5.75 Å². The first-order chi connectivity index (χ1) is 16.2. The molecule has 2 aliphatic rings. The van der Waals surface area contributed by atoms with Crippen LogP contribution in [0.4, 0.5) is 5.82 Å². The van der Waals surface area contributed by atoms with Crippen LogP contribution in [0.15, 0.2) is 55.1 Å². The normalized spacial score (nSPS) is 25.0. The third-order valence-corrected chi connectivity index (χ3v) is 6.34. The molecule has 3 N–H and O–H groups in total. The Bertz CT molecular complexity index is 1290. The number of hydrogen-bond acceptors (Lipinski definition) is 8. The minimum atomic E-state index is -1.11. The van der Waals surface area contributed by atoms with Crippen LogP contribution >= 0.6 is 0 Å². The average molecular weight is 447 g/mol. The summed E-state index contributed by atoms with van der Waals surface area (Å²) in [7, 11) is 0. The van der Waals surface area contributed by atoms with Gasteiger partial charge in [-0.25, -0.2) is 15.0 Å². The molecule has 4 atom stereocenters. The van der Waals surface area contributed by atoms with Crippen LogP contribution in [0.5, 0.6) is 5.75 Å². The number of aromatic nitrogens is 4. The van der Waals surface area contributed by atoms with Crippen LogP contribution in [0.3, 0.4) is 0 Å². The number of aliphatic hydroxyl groups excluding tert-OH is 2. The highest BCUT2D eigenvalue weighted by atomic mass is 16.6. The Morgan fingerprint density at radius 1 is 1.09 bits per heavy atom. The fourth-order valence-electron chi connectivity index (χ4n) is 4.23. The van der Waals surface area contributed by atoms with Crippen molar-refractivity contribution < 1.29 is 19.7 Å². The molecule has 33 heavy (non-hydrogen) atoms. The average Bonchev–Trinajstić information content (AvgIpc) is 3.52. The van der Waals surface area contributed by atoms with E-state index in [0.29, 0.717) is 11.4 Å². The number of benzene rings is 1. The molecule has 0 bridgehead atoms. The Hall–Kier alpha value is -3.27. The van der Waals surface area contributed by atoms with Crippen molar-refractivity contribution in [1.29, 1.82) is 0 Å². The number of hydrogen-bond donors (Lipinski definition) is 3. The first kappa shape index (κ1) is 20.3. The zero-order valence-electron chi connectivity index (χ0n) is 17.9. The van der Waals surface area contributed by atoms with Crippen LogP contribution in [0, 0.1) is 5.92 Å². The van der Waals surface area contributed by atoms with Crippen LogP contribution in [-0.2, 0) is 4.74 Å². The van der Waals surface area contributed by atoms with Crippen molar-refractivity contribution in [2.45, 2.75) is 37.4 Å². The molecule has 9 heteroatoms. The molecule has 2 fully saturated rings. The van der Waals surface area contributed by atoms with Crippen molar-refractivity contribution >= 4 is 27.8 Å². The smallest absolute Gasteiger partial charge is 0.164 e. The van der Waals surface area contributed by atoms with Gasteiger partial charge in [-0.05, 0) is 49.1 Å². The van der Waals surface area contributed by atoms with Crippen LogP contribution in [0.1, 0.15) is 19.1 Å². The van der Waals surface area contributed by atoms with Gasteiger partial charge in [0.05, 0.1) is 5.52 Å². The van der Waals surface area contributed by atoms with Gasteiger partial charge in [0.1, 0.15) is 48.5 Å². The van der Waals surface area contributed by atoms with Crippen molar-refractivity contribution in [2.75, 3.05) is 18.5 Å². The molecule has 3 aromatic heterocycles. The van der Waals surface area contributed by atoms with E-state index in [1.807, 2.05) is 36.4 Å². The standard InChI is InChI=1S/C24H25N5O4/c30-21-19(33-24(22(21)31)29-8-7-16-11-25-13-27-23(16)29)12-32-17-5-3-15-4-6-20(28-18(15)9-17)26-10-14-1-2-14/h3-9,11,13-14,19,21-22,24,30-31H,1-2,10,12H2,(H,26,28)/t19-,21-,22-,24-/m1/s1. The van der Waals surface area contributed by atoms with Crippen molar-refractivity contribution in [2.24, 2.45) is 5.92 Å². The number of pyridine rings is 1. The van der Waals surface area contributed by atoms with E-state index in [1.165, 1.54) is 19.2 Å². The summed E-state index contributed by atoms with van der Waals surface area (Å²) in [5.41, 5.74) is 1.46. The molecule has 4 heterocycles. The van der Waals surface area contributed by atoms with Gasteiger partial charge in [-0.15, -0.1) is 0 Å². The van der Waals surface area contributed by atoms with E-state index < -0.39 is 24.5 Å². The number of ether oxygens (including phenoxy) is 2. The summed E-state index contributed by atoms with van der Waals surface area (Å²) in [6.07, 6.45) is 3.82. The maximum atomic E-state index is 10.6. The van der Waals surface area contributed by atoms with Crippen LogP contribution < -0.4 is 10.1 Å². The molecule has 1 saturated carbocycles. The lowest BCUT2D eigenvalue weighted by molar-refractivity contribution is -0.0471. The van der Waals surface area contributed by atoms with Crippen molar-refractivity contribution in [1.82, 2.24) is 19.5 Å². The zero-order chi connectivity index (χ0) is 22.4. The van der Waals surface area contributed by atoms with E-state index in [9.17, 15) is 10.2 Å². The zero-order valence-corrected chi connectivity index (χ0v) is 17.9. The van der Waals surface area contributed by atoms with E-state index in [-0.39, 0.29) is 6.61 Å². The first-order valence-electron chi connectivity index (χ1n) is 11.2. The monoisotopic (exact) mass is 447 g/mol. The quantitative estimate of drug-likeness (QED) is 0.396. The minimum absolute atomic E-state index is 0.0913. The number of rotatable bonds is 7. The fraction of sp³-hybridized carbons (Fsp3) is 0.375. The second-order valence-corrected chi connectivity index (χ2v) is 8.76. The SMILES string of the molecule is O[C@@H]1[C@H](O)[C@@H](COc2ccc3ccc(NCC4CC4)nc3c2)O[C@H]1n1ccc2cncnc21. The number of nitrogens with zero attached hydrogens (tertiary/aromatic N) is 4. The molecular formula is C24H25N5O4. The number of anilines is 1. The summed E-state index contributed by atoms with van der Waals surface area (Å²) in [5.74, 6) is 2.25. The minimum Gasteiger partial charge on any atom is -0.491 e. The second-order valence-electron chi connectivity index (χ2n) is 8.76. The van der Waals surface area contributed by atoms with E-state index in [4.69, 9.17) is 14.5 Å². The van der Waals surface area contributed by atoms with E-state index >= 15 is 0 Å². The van der Waals surface area contributed by atoms with Crippen molar-refractivity contribution in [3.05, 3.63) is 55.1 Å². The van der Waals surface area contributed by atoms with Crippen molar-refractivity contribution in [3.63, 3.8) is 0 Å². The van der Waals surface area contributed by atoms with Gasteiger partial charge >= 0.3 is 0 Å². The summed E-state index contributed by atoms with van der Waals surface area (Å²) in [5, 5.41) is 26.4. The third-order valence-electron chi connectivity index (χ3n) is 6.34. The lowest BCUT2D eigenvalue weighted by atomic mass is 10.1. The van der Waals surface area contributed by atoms with Gasteiger partial charge in [-0.1, -0.05) is 0 Å². The number of nitrogens with one attached hydrogen (secondary N) is 1.